The third kappa shape index (κ3) is 4.33. The van der Waals surface area contributed by atoms with Gasteiger partial charge in [-0.3, -0.25) is 9.10 Å². The quantitative estimate of drug-likeness (QED) is 0.804. The topological polar surface area (TPSA) is 79.0 Å². The van der Waals surface area contributed by atoms with E-state index in [9.17, 15) is 13.2 Å². The lowest BCUT2D eigenvalue weighted by Gasteiger charge is -2.23. The Bertz CT molecular complexity index is 864. The molecule has 7 nitrogen and oxygen atoms in total. The van der Waals surface area contributed by atoms with Gasteiger partial charge in [0.1, 0.15) is 5.75 Å². The Morgan fingerprint density at radius 1 is 1.04 bits per heavy atom. The first-order chi connectivity index (χ1) is 12.3. The number of nitrogens with one attached hydrogen (secondary N) is 1. The van der Waals surface area contributed by atoms with Gasteiger partial charge in [-0.2, -0.15) is 12.7 Å². The Kier molecular flexibility index (Phi) is 6.23. The lowest BCUT2D eigenvalue weighted by atomic mass is 10.2. The molecule has 1 amide bonds. The van der Waals surface area contributed by atoms with Crippen molar-refractivity contribution < 1.29 is 17.9 Å². The second kappa shape index (κ2) is 8.20. The lowest BCUT2D eigenvalue weighted by Crippen LogP contribution is -2.37. The SMILES string of the molecule is CCOc1ccccc1NC(=O)c1ccc(N(C)S(=O)(=O)N(C)C)cc1. The predicted octanol–water partition coefficient (Wildman–Crippen LogP) is 2.58. The van der Waals surface area contributed by atoms with Gasteiger partial charge >= 0.3 is 10.2 Å². The molecule has 1 N–H and O–H groups in total. The highest BCUT2D eigenvalue weighted by Gasteiger charge is 2.21. The van der Waals surface area contributed by atoms with Crippen LogP contribution in [-0.2, 0) is 10.2 Å². The van der Waals surface area contributed by atoms with Crippen molar-refractivity contribution in [3.05, 3.63) is 54.1 Å². The fourth-order valence-corrected chi connectivity index (χ4v) is 3.12. The van der Waals surface area contributed by atoms with Gasteiger partial charge in [0.15, 0.2) is 0 Å². The smallest absolute Gasteiger partial charge is 0.303 e. The van der Waals surface area contributed by atoms with E-state index >= 15 is 0 Å². The van der Waals surface area contributed by atoms with Crippen LogP contribution in [0.4, 0.5) is 11.4 Å². The van der Waals surface area contributed by atoms with Gasteiger partial charge in [0.25, 0.3) is 5.91 Å². The summed E-state index contributed by atoms with van der Waals surface area (Å²) in [5.41, 5.74) is 1.45. The summed E-state index contributed by atoms with van der Waals surface area (Å²) in [4.78, 5) is 12.5. The maximum Gasteiger partial charge on any atom is 0.303 e. The van der Waals surface area contributed by atoms with E-state index in [0.717, 1.165) is 8.61 Å². The molecule has 0 bridgehead atoms. The van der Waals surface area contributed by atoms with Crippen molar-refractivity contribution in [1.82, 2.24) is 4.31 Å². The van der Waals surface area contributed by atoms with Crippen molar-refractivity contribution >= 4 is 27.5 Å². The van der Waals surface area contributed by atoms with Crippen LogP contribution in [0.2, 0.25) is 0 Å². The fraction of sp³-hybridized carbons (Fsp3) is 0.278. The van der Waals surface area contributed by atoms with Crippen LogP contribution < -0.4 is 14.4 Å². The molecular formula is C18H23N3O4S. The Morgan fingerprint density at radius 2 is 1.65 bits per heavy atom. The molecular weight excluding hydrogens is 354 g/mol. The molecule has 26 heavy (non-hydrogen) atoms. The molecule has 2 aromatic rings. The summed E-state index contributed by atoms with van der Waals surface area (Å²) in [7, 11) is 0.811. The van der Waals surface area contributed by atoms with Crippen molar-refractivity contribution in [3.8, 4) is 5.75 Å². The van der Waals surface area contributed by atoms with Gasteiger partial charge in [0, 0.05) is 26.7 Å². The number of anilines is 2. The van der Waals surface area contributed by atoms with Crippen LogP contribution in [-0.4, -0.2) is 46.4 Å². The highest BCUT2D eigenvalue weighted by Crippen LogP contribution is 2.25. The van der Waals surface area contributed by atoms with E-state index in [-0.39, 0.29) is 5.91 Å². The average Bonchev–Trinajstić information content (AvgIpc) is 2.63. The van der Waals surface area contributed by atoms with E-state index < -0.39 is 10.2 Å². The molecule has 0 aliphatic heterocycles. The van der Waals surface area contributed by atoms with E-state index in [4.69, 9.17) is 4.74 Å². The highest BCUT2D eigenvalue weighted by molar-refractivity contribution is 7.90. The summed E-state index contributed by atoms with van der Waals surface area (Å²) in [6.45, 7) is 2.36. The second-order valence-corrected chi connectivity index (χ2v) is 7.86. The Labute approximate surface area is 154 Å². The number of carbonyl (C=O) groups is 1. The number of nitrogens with zero attached hydrogens (tertiary/aromatic N) is 2. The molecule has 0 aliphatic rings. The van der Waals surface area contributed by atoms with E-state index in [2.05, 4.69) is 5.32 Å². The van der Waals surface area contributed by atoms with Crippen LogP contribution in [0.5, 0.6) is 5.75 Å². The molecule has 0 saturated heterocycles. The number of rotatable bonds is 7. The van der Waals surface area contributed by atoms with Gasteiger partial charge in [0.2, 0.25) is 0 Å². The minimum Gasteiger partial charge on any atom is -0.492 e. The normalized spacial score (nSPS) is 11.3. The second-order valence-electron chi connectivity index (χ2n) is 5.69. The third-order valence-corrected chi connectivity index (χ3v) is 5.56. The van der Waals surface area contributed by atoms with Crippen LogP contribution in [0.15, 0.2) is 48.5 Å². The van der Waals surface area contributed by atoms with Crippen molar-refractivity contribution in [2.24, 2.45) is 0 Å². The van der Waals surface area contributed by atoms with Crippen molar-refractivity contribution in [3.63, 3.8) is 0 Å². The first-order valence-electron chi connectivity index (χ1n) is 8.07. The minimum atomic E-state index is -3.57. The molecule has 0 spiro atoms. The summed E-state index contributed by atoms with van der Waals surface area (Å²) in [5.74, 6) is 0.290. The minimum absolute atomic E-state index is 0.304. The first kappa shape index (κ1) is 19.7. The number of amides is 1. The van der Waals surface area contributed by atoms with E-state index in [0.29, 0.717) is 29.3 Å². The molecule has 0 aromatic heterocycles. The monoisotopic (exact) mass is 377 g/mol. The number of para-hydroxylation sites is 2. The summed E-state index contributed by atoms with van der Waals surface area (Å²) < 4.78 is 32.1. The molecule has 0 heterocycles. The van der Waals surface area contributed by atoms with Gasteiger partial charge in [0.05, 0.1) is 18.0 Å². The summed E-state index contributed by atoms with van der Waals surface area (Å²) >= 11 is 0. The first-order valence-corrected chi connectivity index (χ1v) is 9.46. The van der Waals surface area contributed by atoms with Crippen LogP contribution in [0.3, 0.4) is 0 Å². The Hall–Kier alpha value is -2.58. The molecule has 0 unspecified atom stereocenters. The third-order valence-electron chi connectivity index (χ3n) is 3.74. The van der Waals surface area contributed by atoms with Crippen molar-refractivity contribution in [2.45, 2.75) is 6.92 Å². The molecule has 0 atom stereocenters. The number of benzene rings is 2. The average molecular weight is 377 g/mol. The zero-order valence-corrected chi connectivity index (χ0v) is 16.1. The number of hydrogen-bond donors (Lipinski definition) is 1. The Balaban J connectivity index is 2.17. The van der Waals surface area contributed by atoms with Gasteiger partial charge in [-0.15, -0.1) is 0 Å². The van der Waals surface area contributed by atoms with Crippen LogP contribution in [0.1, 0.15) is 17.3 Å². The largest absolute Gasteiger partial charge is 0.492 e. The molecule has 8 heteroatoms. The zero-order valence-electron chi connectivity index (χ0n) is 15.3. The number of hydrogen-bond acceptors (Lipinski definition) is 4. The molecule has 0 fully saturated rings. The van der Waals surface area contributed by atoms with E-state index in [1.54, 1.807) is 36.4 Å². The summed E-state index contributed by atoms with van der Waals surface area (Å²) in [5, 5.41) is 2.80. The highest BCUT2D eigenvalue weighted by atomic mass is 32.2. The van der Waals surface area contributed by atoms with Gasteiger partial charge in [-0.25, -0.2) is 0 Å². The number of ether oxygens (including phenoxy) is 1. The van der Waals surface area contributed by atoms with Crippen LogP contribution in [0, 0.1) is 0 Å². The number of carbonyl (C=O) groups excluding carboxylic acids is 1. The van der Waals surface area contributed by atoms with Gasteiger partial charge in [-0.05, 0) is 43.3 Å². The molecule has 0 radical (unpaired) electrons. The lowest BCUT2D eigenvalue weighted by molar-refractivity contribution is 0.102. The molecule has 140 valence electrons. The maximum atomic E-state index is 12.5. The molecule has 0 aliphatic carbocycles. The zero-order chi connectivity index (χ0) is 19.3. The van der Waals surface area contributed by atoms with Gasteiger partial charge < -0.3 is 10.1 Å². The van der Waals surface area contributed by atoms with Crippen molar-refractivity contribution in [2.75, 3.05) is 37.4 Å². The van der Waals surface area contributed by atoms with Crippen LogP contribution in [0.25, 0.3) is 0 Å². The van der Waals surface area contributed by atoms with Crippen LogP contribution >= 0.6 is 0 Å². The molecule has 2 rings (SSSR count). The van der Waals surface area contributed by atoms with E-state index in [1.165, 1.54) is 21.1 Å². The Morgan fingerprint density at radius 3 is 2.23 bits per heavy atom. The summed E-state index contributed by atoms with van der Waals surface area (Å²) in [6.07, 6.45) is 0. The van der Waals surface area contributed by atoms with Gasteiger partial charge in [-0.1, -0.05) is 12.1 Å². The molecule has 2 aromatic carbocycles. The van der Waals surface area contributed by atoms with Crippen molar-refractivity contribution in [1.29, 1.82) is 0 Å². The maximum absolute atomic E-state index is 12.5. The summed E-state index contributed by atoms with van der Waals surface area (Å²) in [6, 6.07) is 13.5. The molecule has 0 saturated carbocycles. The predicted molar refractivity (Wildman–Crippen MR) is 103 cm³/mol. The standard InChI is InChI=1S/C18H23N3O4S/c1-5-25-17-9-7-6-8-16(17)19-18(22)14-10-12-15(13-11-14)21(4)26(23,24)20(2)3/h6-13H,5H2,1-4H3,(H,19,22). The van der Waals surface area contributed by atoms with E-state index in [1.807, 2.05) is 19.1 Å². The fourth-order valence-electron chi connectivity index (χ4n) is 2.25.